The van der Waals surface area contributed by atoms with Crippen LogP contribution >= 0.6 is 0 Å². The van der Waals surface area contributed by atoms with Crippen LogP contribution in [-0.4, -0.2) is 76.3 Å². The molecule has 0 heterocycles. The molecule has 160 valence electrons. The summed E-state index contributed by atoms with van der Waals surface area (Å²) in [5, 5.41) is 10.8. The fourth-order valence-electron chi connectivity index (χ4n) is 3.18. The van der Waals surface area contributed by atoms with E-state index in [-0.39, 0.29) is 5.56 Å². The van der Waals surface area contributed by atoms with Crippen molar-refractivity contribution in [2.24, 2.45) is 0 Å². The molecule has 1 rings (SSSR count). The normalized spacial score (nSPS) is 11.7. The number of aryl methyl sites for hydroxylation is 1. The maximum atomic E-state index is 10.8. The Morgan fingerprint density at radius 3 is 2.04 bits per heavy atom. The summed E-state index contributed by atoms with van der Waals surface area (Å²) in [4.78, 5) is 10.8. The standard InChI is InChI=1S/C22H37NO5/c1-4-23(5-2,6-3)12-14-27-16-18-28-17-15-26-13-8-10-20-9-7-11-21(19-20)22(24)25/h7,9,11,19H,4-6,8,10,12-18H2,1-3H3. The van der Waals surface area contributed by atoms with Gasteiger partial charge in [0.2, 0.25) is 0 Å². The van der Waals surface area contributed by atoms with Crippen LogP contribution in [0.15, 0.2) is 24.3 Å². The van der Waals surface area contributed by atoms with Gasteiger partial charge in [0.1, 0.15) is 6.54 Å². The quantitative estimate of drug-likeness (QED) is 0.298. The predicted molar refractivity (Wildman–Crippen MR) is 108 cm³/mol. The maximum absolute atomic E-state index is 10.8. The highest BCUT2D eigenvalue weighted by atomic mass is 16.5. The number of hydrogen-bond donors (Lipinski definition) is 0. The summed E-state index contributed by atoms with van der Waals surface area (Å²) < 4.78 is 17.9. The van der Waals surface area contributed by atoms with Gasteiger partial charge in [-0.1, -0.05) is 18.2 Å². The summed E-state index contributed by atoms with van der Waals surface area (Å²) in [7, 11) is 0. The van der Waals surface area contributed by atoms with Gasteiger partial charge in [0.05, 0.1) is 58.6 Å². The molecule has 0 aliphatic carbocycles. The molecule has 0 aliphatic rings. The average molecular weight is 396 g/mol. The Morgan fingerprint density at radius 1 is 0.893 bits per heavy atom. The summed E-state index contributed by atoms with van der Waals surface area (Å²) in [5.41, 5.74) is 1.20. The van der Waals surface area contributed by atoms with Crippen LogP contribution < -0.4 is 5.11 Å². The zero-order valence-corrected chi connectivity index (χ0v) is 17.8. The van der Waals surface area contributed by atoms with Gasteiger partial charge in [-0.2, -0.15) is 0 Å². The van der Waals surface area contributed by atoms with E-state index < -0.39 is 5.97 Å². The topological polar surface area (TPSA) is 67.8 Å². The zero-order valence-electron chi connectivity index (χ0n) is 17.8. The van der Waals surface area contributed by atoms with Gasteiger partial charge in [0.25, 0.3) is 0 Å². The fourth-order valence-corrected chi connectivity index (χ4v) is 3.18. The average Bonchev–Trinajstić information content (AvgIpc) is 2.72. The molecule has 0 spiro atoms. The van der Waals surface area contributed by atoms with Crippen molar-refractivity contribution in [3.05, 3.63) is 35.4 Å². The molecule has 1 aromatic carbocycles. The highest BCUT2D eigenvalue weighted by Crippen LogP contribution is 2.07. The zero-order chi connectivity index (χ0) is 20.7. The number of aromatic carboxylic acids is 1. The molecule has 0 amide bonds. The van der Waals surface area contributed by atoms with Crippen molar-refractivity contribution < 1.29 is 28.6 Å². The van der Waals surface area contributed by atoms with E-state index in [0.29, 0.717) is 33.0 Å². The first-order valence-corrected chi connectivity index (χ1v) is 10.5. The number of nitrogens with zero attached hydrogens (tertiary/aromatic N) is 1. The Labute approximate surface area is 170 Å². The lowest BCUT2D eigenvalue weighted by Crippen LogP contribution is -2.49. The Balaban J connectivity index is 1.96. The largest absolute Gasteiger partial charge is 0.545 e. The number of carbonyl (C=O) groups excluding carboxylic acids is 1. The van der Waals surface area contributed by atoms with Crippen LogP contribution in [0.2, 0.25) is 0 Å². The summed E-state index contributed by atoms with van der Waals surface area (Å²) >= 11 is 0. The van der Waals surface area contributed by atoms with Gasteiger partial charge in [-0.05, 0) is 50.8 Å². The number of rotatable bonds is 17. The molecule has 1 aromatic rings. The van der Waals surface area contributed by atoms with E-state index in [0.717, 1.165) is 55.7 Å². The predicted octanol–water partition coefficient (Wildman–Crippen LogP) is 1.91. The van der Waals surface area contributed by atoms with Gasteiger partial charge in [-0.3, -0.25) is 0 Å². The van der Waals surface area contributed by atoms with Crippen LogP contribution in [-0.2, 0) is 20.6 Å². The molecule has 0 radical (unpaired) electrons. The second-order valence-corrected chi connectivity index (χ2v) is 6.94. The Kier molecular flexibility index (Phi) is 12.7. The van der Waals surface area contributed by atoms with Gasteiger partial charge in [-0.15, -0.1) is 0 Å². The highest BCUT2D eigenvalue weighted by molar-refractivity contribution is 5.85. The van der Waals surface area contributed by atoms with Crippen molar-refractivity contribution in [1.29, 1.82) is 0 Å². The summed E-state index contributed by atoms with van der Waals surface area (Å²) in [6.45, 7) is 14.9. The van der Waals surface area contributed by atoms with Gasteiger partial charge < -0.3 is 28.6 Å². The molecule has 28 heavy (non-hydrogen) atoms. The van der Waals surface area contributed by atoms with Crippen molar-refractivity contribution in [2.75, 3.05) is 65.8 Å². The summed E-state index contributed by atoms with van der Waals surface area (Å²) in [6.07, 6.45) is 1.62. The minimum atomic E-state index is -1.14. The van der Waals surface area contributed by atoms with E-state index in [1.807, 2.05) is 6.07 Å². The monoisotopic (exact) mass is 395 g/mol. The lowest BCUT2D eigenvalue weighted by Gasteiger charge is -2.35. The molecular formula is C22H37NO5. The molecule has 0 fully saturated rings. The molecular weight excluding hydrogens is 358 g/mol. The molecule has 6 nitrogen and oxygen atoms in total. The third-order valence-corrected chi connectivity index (χ3v) is 5.38. The SMILES string of the molecule is CC[N+](CC)(CC)CCOCCOCCOCCCc1cccc(C(=O)[O-])c1. The van der Waals surface area contributed by atoms with E-state index in [2.05, 4.69) is 20.8 Å². The molecule has 0 atom stereocenters. The van der Waals surface area contributed by atoms with Crippen molar-refractivity contribution in [3.8, 4) is 0 Å². The first-order chi connectivity index (χ1) is 13.6. The highest BCUT2D eigenvalue weighted by Gasteiger charge is 2.19. The van der Waals surface area contributed by atoms with Crippen molar-refractivity contribution >= 4 is 5.97 Å². The number of carbonyl (C=O) groups is 1. The van der Waals surface area contributed by atoms with Crippen LogP contribution in [0.4, 0.5) is 0 Å². The third kappa shape index (κ3) is 9.64. The van der Waals surface area contributed by atoms with E-state index in [1.165, 1.54) is 0 Å². The number of quaternary nitrogens is 1. The number of likely N-dealkylation sites (N-methyl/N-ethyl adjacent to an activating group) is 1. The maximum Gasteiger partial charge on any atom is 0.102 e. The molecule has 0 aliphatic heterocycles. The minimum absolute atomic E-state index is 0.220. The Bertz CT molecular complexity index is 537. The van der Waals surface area contributed by atoms with Crippen molar-refractivity contribution in [3.63, 3.8) is 0 Å². The number of carboxylic acid groups (broad SMARTS) is 1. The second-order valence-electron chi connectivity index (χ2n) is 6.94. The molecule has 0 saturated heterocycles. The van der Waals surface area contributed by atoms with Crippen LogP contribution in [0.5, 0.6) is 0 Å². The number of benzene rings is 1. The molecule has 0 saturated carbocycles. The summed E-state index contributed by atoms with van der Waals surface area (Å²) in [6, 6.07) is 6.86. The number of hydrogen-bond acceptors (Lipinski definition) is 5. The molecule has 0 unspecified atom stereocenters. The van der Waals surface area contributed by atoms with Gasteiger partial charge in [0.15, 0.2) is 0 Å². The molecule has 6 heteroatoms. The van der Waals surface area contributed by atoms with E-state index in [1.54, 1.807) is 18.2 Å². The van der Waals surface area contributed by atoms with E-state index in [4.69, 9.17) is 14.2 Å². The van der Waals surface area contributed by atoms with Crippen LogP contribution in [0, 0.1) is 0 Å². The first kappa shape index (κ1) is 24.6. The third-order valence-electron chi connectivity index (χ3n) is 5.38. The lowest BCUT2D eigenvalue weighted by molar-refractivity contribution is -0.923. The van der Waals surface area contributed by atoms with Crippen LogP contribution in [0.1, 0.15) is 43.1 Å². The first-order valence-electron chi connectivity index (χ1n) is 10.5. The van der Waals surface area contributed by atoms with Gasteiger partial charge in [-0.25, -0.2) is 0 Å². The molecule has 0 aromatic heterocycles. The van der Waals surface area contributed by atoms with E-state index >= 15 is 0 Å². The van der Waals surface area contributed by atoms with Gasteiger partial charge >= 0.3 is 0 Å². The van der Waals surface area contributed by atoms with Crippen LogP contribution in [0.25, 0.3) is 0 Å². The second kappa shape index (κ2) is 14.5. The molecule has 0 N–H and O–H groups in total. The Morgan fingerprint density at radius 2 is 1.46 bits per heavy atom. The van der Waals surface area contributed by atoms with Gasteiger partial charge in [0, 0.05) is 6.61 Å². The molecule has 0 bridgehead atoms. The smallest absolute Gasteiger partial charge is 0.102 e. The van der Waals surface area contributed by atoms with Crippen molar-refractivity contribution in [1.82, 2.24) is 0 Å². The van der Waals surface area contributed by atoms with Crippen LogP contribution in [0.3, 0.4) is 0 Å². The fraction of sp³-hybridized carbons (Fsp3) is 0.682. The lowest BCUT2D eigenvalue weighted by atomic mass is 10.1. The number of ether oxygens (including phenoxy) is 3. The summed E-state index contributed by atoms with van der Waals surface area (Å²) in [5.74, 6) is -1.14. The van der Waals surface area contributed by atoms with E-state index in [9.17, 15) is 9.90 Å². The number of carboxylic acids is 1. The van der Waals surface area contributed by atoms with Crippen molar-refractivity contribution in [2.45, 2.75) is 33.6 Å². The Hall–Kier alpha value is -1.47. The minimum Gasteiger partial charge on any atom is -0.545 e.